The van der Waals surface area contributed by atoms with Gasteiger partial charge in [0.15, 0.2) is 0 Å². The Kier molecular flexibility index (Phi) is 5.90. The molecule has 15 heavy (non-hydrogen) atoms. The third-order valence-corrected chi connectivity index (χ3v) is 4.31. The molecule has 0 saturated carbocycles. The van der Waals surface area contributed by atoms with E-state index >= 15 is 0 Å². The molecule has 0 amide bonds. The lowest BCUT2D eigenvalue weighted by atomic mass is 10.1. The standard InChI is InChI=1S/C11H16ClNS2/c1-14-10-7-8(4-3-5-13)6-9(12)11(10)15-2/h6-7H,3-5,13H2,1-2H3. The predicted molar refractivity (Wildman–Crippen MR) is 72.4 cm³/mol. The molecule has 0 aliphatic carbocycles. The SMILES string of the molecule is CSc1cc(CCCN)cc(Cl)c1SC. The maximum atomic E-state index is 6.23. The third kappa shape index (κ3) is 3.59. The van der Waals surface area contributed by atoms with E-state index in [2.05, 4.69) is 24.6 Å². The molecule has 0 unspecified atom stereocenters. The minimum Gasteiger partial charge on any atom is -0.330 e. The van der Waals surface area contributed by atoms with Gasteiger partial charge in [-0.3, -0.25) is 0 Å². The van der Waals surface area contributed by atoms with Gasteiger partial charge in [0.2, 0.25) is 0 Å². The van der Waals surface area contributed by atoms with E-state index in [9.17, 15) is 0 Å². The summed E-state index contributed by atoms with van der Waals surface area (Å²) in [5.41, 5.74) is 6.78. The van der Waals surface area contributed by atoms with Gasteiger partial charge >= 0.3 is 0 Å². The second-order valence-corrected chi connectivity index (χ2v) is 5.28. The van der Waals surface area contributed by atoms with Crippen LogP contribution in [0.5, 0.6) is 0 Å². The van der Waals surface area contributed by atoms with Crippen molar-refractivity contribution in [3.63, 3.8) is 0 Å². The van der Waals surface area contributed by atoms with Crippen molar-refractivity contribution in [3.05, 3.63) is 22.7 Å². The van der Waals surface area contributed by atoms with Crippen molar-refractivity contribution in [2.45, 2.75) is 22.6 Å². The smallest absolute Gasteiger partial charge is 0.0555 e. The molecule has 0 heterocycles. The van der Waals surface area contributed by atoms with E-state index in [-0.39, 0.29) is 0 Å². The van der Waals surface area contributed by atoms with Gasteiger partial charge < -0.3 is 5.73 Å². The molecule has 0 aromatic heterocycles. The van der Waals surface area contributed by atoms with Gasteiger partial charge in [-0.05, 0) is 49.6 Å². The molecule has 0 aliphatic rings. The number of nitrogens with two attached hydrogens (primary N) is 1. The first kappa shape index (κ1) is 13.2. The summed E-state index contributed by atoms with van der Waals surface area (Å²) in [5.74, 6) is 0. The Morgan fingerprint density at radius 2 is 2.00 bits per heavy atom. The van der Waals surface area contributed by atoms with Crippen molar-refractivity contribution >= 4 is 35.1 Å². The first-order valence-corrected chi connectivity index (χ1v) is 7.66. The lowest BCUT2D eigenvalue weighted by molar-refractivity contribution is 0.829. The number of hydrogen-bond acceptors (Lipinski definition) is 3. The number of thioether (sulfide) groups is 2. The highest BCUT2D eigenvalue weighted by atomic mass is 35.5. The largest absolute Gasteiger partial charge is 0.330 e. The van der Waals surface area contributed by atoms with Crippen molar-refractivity contribution in [1.29, 1.82) is 0 Å². The quantitative estimate of drug-likeness (QED) is 0.819. The van der Waals surface area contributed by atoms with Crippen LogP contribution in [0.4, 0.5) is 0 Å². The first-order valence-electron chi connectivity index (χ1n) is 4.83. The molecule has 1 nitrogen and oxygen atoms in total. The summed E-state index contributed by atoms with van der Waals surface area (Å²) < 4.78 is 0. The molecule has 0 fully saturated rings. The normalized spacial score (nSPS) is 10.7. The Bertz CT molecular complexity index is 329. The Morgan fingerprint density at radius 3 is 2.53 bits per heavy atom. The van der Waals surface area contributed by atoms with E-state index in [1.807, 2.05) is 0 Å². The Hall–Kier alpha value is 0.170. The Labute approximate surface area is 105 Å². The molecule has 1 rings (SSSR count). The number of hydrogen-bond donors (Lipinski definition) is 1. The molecule has 2 N–H and O–H groups in total. The van der Waals surface area contributed by atoms with Crippen LogP contribution in [0, 0.1) is 0 Å². The molecule has 84 valence electrons. The molecule has 0 bridgehead atoms. The van der Waals surface area contributed by atoms with Gasteiger partial charge in [0.1, 0.15) is 0 Å². The van der Waals surface area contributed by atoms with Crippen molar-refractivity contribution in [2.75, 3.05) is 19.1 Å². The maximum absolute atomic E-state index is 6.23. The number of halogens is 1. The zero-order valence-corrected chi connectivity index (χ0v) is 11.4. The minimum absolute atomic E-state index is 0.733. The van der Waals surface area contributed by atoms with E-state index < -0.39 is 0 Å². The van der Waals surface area contributed by atoms with Crippen LogP contribution < -0.4 is 5.73 Å². The van der Waals surface area contributed by atoms with Crippen molar-refractivity contribution in [3.8, 4) is 0 Å². The molecule has 1 aromatic rings. The lowest BCUT2D eigenvalue weighted by Crippen LogP contribution is -2.00. The Morgan fingerprint density at radius 1 is 1.27 bits per heavy atom. The summed E-state index contributed by atoms with van der Waals surface area (Å²) in [5, 5.41) is 0.862. The van der Waals surface area contributed by atoms with Gasteiger partial charge in [-0.1, -0.05) is 11.6 Å². The van der Waals surface area contributed by atoms with Crippen molar-refractivity contribution < 1.29 is 0 Å². The minimum atomic E-state index is 0.733. The van der Waals surface area contributed by atoms with Crippen LogP contribution in [0.15, 0.2) is 21.9 Å². The molecular weight excluding hydrogens is 246 g/mol. The van der Waals surface area contributed by atoms with E-state index in [1.165, 1.54) is 15.4 Å². The van der Waals surface area contributed by atoms with Crippen LogP contribution in [0.1, 0.15) is 12.0 Å². The highest BCUT2D eigenvalue weighted by molar-refractivity contribution is 8.01. The van der Waals surface area contributed by atoms with Crippen LogP contribution in [0.2, 0.25) is 5.02 Å². The predicted octanol–water partition coefficient (Wildman–Crippen LogP) is 3.68. The average Bonchev–Trinajstić information content (AvgIpc) is 2.25. The van der Waals surface area contributed by atoms with E-state index in [0.717, 1.165) is 24.4 Å². The topological polar surface area (TPSA) is 26.0 Å². The summed E-state index contributed by atoms with van der Waals surface area (Å²) in [4.78, 5) is 2.45. The van der Waals surface area contributed by atoms with Gasteiger partial charge in [0, 0.05) is 9.79 Å². The third-order valence-electron chi connectivity index (χ3n) is 2.16. The second-order valence-electron chi connectivity index (χ2n) is 3.21. The zero-order valence-electron chi connectivity index (χ0n) is 9.05. The van der Waals surface area contributed by atoms with Gasteiger partial charge in [-0.2, -0.15) is 0 Å². The van der Waals surface area contributed by atoms with Crippen molar-refractivity contribution in [1.82, 2.24) is 0 Å². The van der Waals surface area contributed by atoms with Crippen LogP contribution in [-0.4, -0.2) is 19.1 Å². The summed E-state index contributed by atoms with van der Waals surface area (Å²) >= 11 is 9.67. The van der Waals surface area contributed by atoms with E-state index in [1.54, 1.807) is 23.5 Å². The molecule has 0 spiro atoms. The zero-order chi connectivity index (χ0) is 11.3. The molecule has 0 radical (unpaired) electrons. The number of benzene rings is 1. The van der Waals surface area contributed by atoms with Gasteiger partial charge in [0.05, 0.1) is 5.02 Å². The fraction of sp³-hybridized carbons (Fsp3) is 0.455. The average molecular weight is 262 g/mol. The van der Waals surface area contributed by atoms with Gasteiger partial charge in [-0.15, -0.1) is 23.5 Å². The second kappa shape index (κ2) is 6.69. The monoisotopic (exact) mass is 261 g/mol. The van der Waals surface area contributed by atoms with Crippen LogP contribution in [0.25, 0.3) is 0 Å². The van der Waals surface area contributed by atoms with Crippen LogP contribution >= 0.6 is 35.1 Å². The van der Waals surface area contributed by atoms with Gasteiger partial charge in [0.25, 0.3) is 0 Å². The summed E-state index contributed by atoms with van der Waals surface area (Å²) in [6.07, 6.45) is 6.17. The van der Waals surface area contributed by atoms with Crippen LogP contribution in [0.3, 0.4) is 0 Å². The maximum Gasteiger partial charge on any atom is 0.0555 e. The summed E-state index contributed by atoms with van der Waals surface area (Å²) in [6, 6.07) is 4.28. The molecule has 0 aliphatic heterocycles. The van der Waals surface area contributed by atoms with Crippen molar-refractivity contribution in [2.24, 2.45) is 5.73 Å². The van der Waals surface area contributed by atoms with E-state index in [0.29, 0.717) is 0 Å². The highest BCUT2D eigenvalue weighted by Crippen LogP contribution is 2.35. The molecule has 0 atom stereocenters. The Balaban J connectivity index is 2.97. The summed E-state index contributed by atoms with van der Waals surface area (Å²) in [6.45, 7) is 0.733. The molecule has 0 saturated heterocycles. The molecular formula is C11H16ClNS2. The molecule has 4 heteroatoms. The van der Waals surface area contributed by atoms with Gasteiger partial charge in [-0.25, -0.2) is 0 Å². The fourth-order valence-electron chi connectivity index (χ4n) is 1.42. The number of aryl methyl sites for hydroxylation is 1. The van der Waals surface area contributed by atoms with E-state index in [4.69, 9.17) is 17.3 Å². The fourth-order valence-corrected chi connectivity index (χ4v) is 3.53. The first-order chi connectivity index (χ1) is 7.22. The lowest BCUT2D eigenvalue weighted by Gasteiger charge is -2.10. The highest BCUT2D eigenvalue weighted by Gasteiger charge is 2.07. The molecule has 1 aromatic carbocycles. The van der Waals surface area contributed by atoms with Crippen LogP contribution in [-0.2, 0) is 6.42 Å². The summed E-state index contributed by atoms with van der Waals surface area (Å²) in [7, 11) is 0. The number of rotatable bonds is 5.